The van der Waals surface area contributed by atoms with Crippen molar-refractivity contribution in [2.45, 2.75) is 13.5 Å². The second-order valence-corrected chi connectivity index (χ2v) is 7.02. The molecule has 6 nitrogen and oxygen atoms in total. The molecule has 0 fully saturated rings. The van der Waals surface area contributed by atoms with Gasteiger partial charge in [0.05, 0.1) is 4.88 Å². The van der Waals surface area contributed by atoms with Crippen molar-refractivity contribution in [1.82, 2.24) is 5.32 Å². The van der Waals surface area contributed by atoms with Crippen molar-refractivity contribution in [3.8, 4) is 0 Å². The zero-order valence-corrected chi connectivity index (χ0v) is 16.0. The molecular weight excluding hydrogens is 374 g/mol. The Balaban J connectivity index is 1.62. The Labute approximate surface area is 166 Å². The molecule has 2 aromatic carbocycles. The van der Waals surface area contributed by atoms with Crippen LogP contribution in [0.4, 0.5) is 11.4 Å². The smallest absolute Gasteiger partial charge is 0.265 e. The van der Waals surface area contributed by atoms with Crippen LogP contribution in [0.25, 0.3) is 0 Å². The van der Waals surface area contributed by atoms with E-state index in [1.807, 2.05) is 11.4 Å². The minimum absolute atomic E-state index is 0.104. The topological polar surface area (TPSA) is 87.3 Å². The van der Waals surface area contributed by atoms with Crippen LogP contribution in [0.15, 0.2) is 66.0 Å². The van der Waals surface area contributed by atoms with Crippen molar-refractivity contribution in [3.05, 3.63) is 82.0 Å². The summed E-state index contributed by atoms with van der Waals surface area (Å²) < 4.78 is 0. The van der Waals surface area contributed by atoms with E-state index in [4.69, 9.17) is 0 Å². The Morgan fingerprint density at radius 3 is 2.14 bits per heavy atom. The normalized spacial score (nSPS) is 10.2. The maximum absolute atomic E-state index is 12.4. The highest BCUT2D eigenvalue weighted by Crippen LogP contribution is 2.18. The fraction of sp³-hybridized carbons (Fsp3) is 0.0952. The second-order valence-electron chi connectivity index (χ2n) is 6.07. The summed E-state index contributed by atoms with van der Waals surface area (Å²) in [5.74, 6) is -0.547. The number of hydrogen-bond donors (Lipinski definition) is 3. The molecule has 3 rings (SSSR count). The first-order valence-corrected chi connectivity index (χ1v) is 9.49. The van der Waals surface area contributed by atoms with Crippen LogP contribution in [0, 0.1) is 0 Å². The molecule has 3 N–H and O–H groups in total. The molecule has 1 aromatic heterocycles. The van der Waals surface area contributed by atoms with Gasteiger partial charge in [0.25, 0.3) is 11.8 Å². The lowest BCUT2D eigenvalue weighted by atomic mass is 10.1. The first kappa shape index (κ1) is 19.3. The van der Waals surface area contributed by atoms with Gasteiger partial charge in [0, 0.05) is 30.4 Å². The van der Waals surface area contributed by atoms with E-state index in [0.29, 0.717) is 28.4 Å². The molecule has 0 aliphatic rings. The Hall–Kier alpha value is -3.45. The van der Waals surface area contributed by atoms with Crippen LogP contribution in [0.5, 0.6) is 0 Å². The summed E-state index contributed by atoms with van der Waals surface area (Å²) in [4.78, 5) is 36.2. The van der Waals surface area contributed by atoms with Crippen LogP contribution in [0.2, 0.25) is 0 Å². The Morgan fingerprint density at radius 1 is 0.857 bits per heavy atom. The molecule has 28 heavy (non-hydrogen) atoms. The molecule has 3 aromatic rings. The number of carbonyl (C=O) groups is 3. The average molecular weight is 393 g/mol. The lowest BCUT2D eigenvalue weighted by molar-refractivity contribution is -0.119. The summed E-state index contributed by atoms with van der Waals surface area (Å²) in [5.41, 5.74) is 2.59. The largest absolute Gasteiger partial charge is 0.352 e. The van der Waals surface area contributed by atoms with Crippen molar-refractivity contribution in [2.75, 3.05) is 10.6 Å². The highest BCUT2D eigenvalue weighted by atomic mass is 32.1. The van der Waals surface area contributed by atoms with Gasteiger partial charge in [-0.2, -0.15) is 0 Å². The van der Waals surface area contributed by atoms with E-state index in [9.17, 15) is 14.4 Å². The summed E-state index contributed by atoms with van der Waals surface area (Å²) in [6, 6.07) is 17.5. The van der Waals surface area contributed by atoms with Gasteiger partial charge in [0.2, 0.25) is 5.91 Å². The molecule has 7 heteroatoms. The van der Waals surface area contributed by atoms with E-state index in [2.05, 4.69) is 16.0 Å². The summed E-state index contributed by atoms with van der Waals surface area (Å²) in [7, 11) is 0. The van der Waals surface area contributed by atoms with Gasteiger partial charge in [0.1, 0.15) is 0 Å². The number of amides is 3. The van der Waals surface area contributed by atoms with Crippen LogP contribution in [0.3, 0.4) is 0 Å². The van der Waals surface area contributed by atoms with E-state index in [-0.39, 0.29) is 17.7 Å². The molecule has 0 saturated carbocycles. The van der Waals surface area contributed by atoms with Gasteiger partial charge < -0.3 is 16.0 Å². The molecule has 0 aliphatic carbocycles. The molecule has 0 radical (unpaired) electrons. The summed E-state index contributed by atoms with van der Waals surface area (Å²) in [6.07, 6.45) is 0. The summed E-state index contributed by atoms with van der Waals surface area (Å²) in [5, 5.41) is 10.2. The quantitative estimate of drug-likeness (QED) is 0.594. The molecule has 1 heterocycles. The van der Waals surface area contributed by atoms with E-state index in [1.165, 1.54) is 18.3 Å². The fourth-order valence-corrected chi connectivity index (χ4v) is 3.10. The number of carbonyl (C=O) groups excluding carboxylic acids is 3. The third-order valence-electron chi connectivity index (χ3n) is 3.88. The van der Waals surface area contributed by atoms with Crippen LogP contribution in [-0.2, 0) is 11.3 Å². The van der Waals surface area contributed by atoms with Crippen LogP contribution in [-0.4, -0.2) is 17.7 Å². The summed E-state index contributed by atoms with van der Waals surface area (Å²) in [6.45, 7) is 1.88. The maximum atomic E-state index is 12.4. The predicted molar refractivity (Wildman–Crippen MR) is 111 cm³/mol. The minimum Gasteiger partial charge on any atom is -0.352 e. The van der Waals surface area contributed by atoms with Gasteiger partial charge in [-0.3, -0.25) is 14.4 Å². The van der Waals surface area contributed by atoms with E-state index < -0.39 is 0 Å². The molecule has 3 amide bonds. The number of anilines is 2. The molecule has 0 atom stereocenters. The molecule has 0 unspecified atom stereocenters. The van der Waals surface area contributed by atoms with Crippen molar-refractivity contribution >= 4 is 40.4 Å². The highest BCUT2D eigenvalue weighted by Gasteiger charge is 2.09. The number of rotatable bonds is 6. The standard InChI is InChI=1S/C21H19N3O3S/c1-14(25)22-13-15-7-9-16(10-8-15)20(26)23-17-4-2-5-18(12-17)24-21(27)19-6-3-11-28-19/h2-12H,13H2,1H3,(H,22,25)(H,23,26)(H,24,27). The number of thiophene rings is 1. The first-order valence-electron chi connectivity index (χ1n) is 8.61. The first-order chi connectivity index (χ1) is 13.5. The van der Waals surface area contributed by atoms with Gasteiger partial charge in [-0.25, -0.2) is 0 Å². The molecule has 0 saturated heterocycles. The van der Waals surface area contributed by atoms with Gasteiger partial charge in [-0.15, -0.1) is 11.3 Å². The SMILES string of the molecule is CC(=O)NCc1ccc(C(=O)Nc2cccc(NC(=O)c3cccs3)c2)cc1. The predicted octanol–water partition coefficient (Wildman–Crippen LogP) is 3.89. The molecule has 142 valence electrons. The van der Waals surface area contributed by atoms with E-state index in [1.54, 1.807) is 54.6 Å². The van der Waals surface area contributed by atoms with Crippen LogP contribution >= 0.6 is 11.3 Å². The molecule has 0 spiro atoms. The van der Waals surface area contributed by atoms with Crippen molar-refractivity contribution in [1.29, 1.82) is 0 Å². The van der Waals surface area contributed by atoms with E-state index in [0.717, 1.165) is 5.56 Å². The monoisotopic (exact) mass is 393 g/mol. The molecular formula is C21H19N3O3S. The third-order valence-corrected chi connectivity index (χ3v) is 4.75. The van der Waals surface area contributed by atoms with Crippen molar-refractivity contribution < 1.29 is 14.4 Å². The number of nitrogens with one attached hydrogen (secondary N) is 3. The second kappa shape index (κ2) is 8.96. The van der Waals surface area contributed by atoms with Gasteiger partial charge in [-0.1, -0.05) is 24.3 Å². The lowest BCUT2D eigenvalue weighted by Crippen LogP contribution is -2.19. The maximum Gasteiger partial charge on any atom is 0.265 e. The zero-order valence-electron chi connectivity index (χ0n) is 15.2. The van der Waals surface area contributed by atoms with Crippen molar-refractivity contribution in [2.24, 2.45) is 0 Å². The minimum atomic E-state index is -0.257. The lowest BCUT2D eigenvalue weighted by Gasteiger charge is -2.09. The Bertz CT molecular complexity index is 982. The molecule has 0 bridgehead atoms. The Kier molecular flexibility index (Phi) is 6.18. The average Bonchev–Trinajstić information content (AvgIpc) is 3.22. The van der Waals surface area contributed by atoms with Crippen molar-refractivity contribution in [3.63, 3.8) is 0 Å². The van der Waals surface area contributed by atoms with Gasteiger partial charge >= 0.3 is 0 Å². The zero-order chi connectivity index (χ0) is 19.9. The van der Waals surface area contributed by atoms with Crippen LogP contribution in [0.1, 0.15) is 32.5 Å². The Morgan fingerprint density at radius 2 is 1.54 bits per heavy atom. The number of benzene rings is 2. The van der Waals surface area contributed by atoms with Crippen LogP contribution < -0.4 is 16.0 Å². The summed E-state index contributed by atoms with van der Waals surface area (Å²) >= 11 is 1.36. The van der Waals surface area contributed by atoms with Gasteiger partial charge in [0.15, 0.2) is 0 Å². The highest BCUT2D eigenvalue weighted by molar-refractivity contribution is 7.12. The van der Waals surface area contributed by atoms with E-state index >= 15 is 0 Å². The number of hydrogen-bond acceptors (Lipinski definition) is 4. The fourth-order valence-electron chi connectivity index (χ4n) is 2.48. The molecule has 0 aliphatic heterocycles. The third kappa shape index (κ3) is 5.28. The van der Waals surface area contributed by atoms with Gasteiger partial charge in [-0.05, 0) is 47.3 Å².